The molecule has 0 nitrogen and oxygen atoms in total. The zero-order valence-electron chi connectivity index (χ0n) is 14.5. The molecule has 138 valence electrons. The van der Waals surface area contributed by atoms with Crippen molar-refractivity contribution in [2.24, 2.45) is 0 Å². The zero-order valence-corrected chi connectivity index (χ0v) is 15.3. The Kier molecular flexibility index (Phi) is 4.50. The Morgan fingerprint density at radius 2 is 1.52 bits per heavy atom. The second kappa shape index (κ2) is 6.71. The Bertz CT molecular complexity index is 1010. The number of alkyl halides is 3. The van der Waals surface area contributed by atoms with Crippen LogP contribution in [0.3, 0.4) is 0 Å². The molecular weight excluding hydrogens is 372 g/mol. The van der Waals surface area contributed by atoms with Gasteiger partial charge in [-0.05, 0) is 52.9 Å². The normalized spacial score (nSPS) is 14.4. The summed E-state index contributed by atoms with van der Waals surface area (Å²) < 4.78 is 52.6. The second-order valence-electron chi connectivity index (χ2n) is 6.71. The highest BCUT2D eigenvalue weighted by molar-refractivity contribution is 7.99. The van der Waals surface area contributed by atoms with Crippen LogP contribution < -0.4 is 0 Å². The summed E-state index contributed by atoms with van der Waals surface area (Å²) in [6, 6.07) is 17.5. The fraction of sp³-hybridized carbons (Fsp3) is 0.182. The largest absolute Gasteiger partial charge is 0.419 e. The van der Waals surface area contributed by atoms with E-state index in [-0.39, 0.29) is 5.92 Å². The molecule has 1 aliphatic heterocycles. The van der Waals surface area contributed by atoms with Gasteiger partial charge >= 0.3 is 6.18 Å². The molecule has 1 heterocycles. The van der Waals surface area contributed by atoms with Crippen LogP contribution in [0.15, 0.2) is 70.5 Å². The van der Waals surface area contributed by atoms with Gasteiger partial charge in [0.05, 0.1) is 5.56 Å². The topological polar surface area (TPSA) is 0 Å². The lowest BCUT2D eigenvalue weighted by atomic mass is 9.90. The van der Waals surface area contributed by atoms with Crippen LogP contribution in [0.25, 0.3) is 0 Å². The maximum Gasteiger partial charge on any atom is 0.419 e. The molecule has 3 aromatic carbocycles. The van der Waals surface area contributed by atoms with E-state index in [9.17, 15) is 17.6 Å². The quantitative estimate of drug-likeness (QED) is 0.332. The molecule has 1 atom stereocenters. The van der Waals surface area contributed by atoms with E-state index in [1.807, 2.05) is 31.2 Å². The average molecular weight is 388 g/mol. The molecule has 27 heavy (non-hydrogen) atoms. The summed E-state index contributed by atoms with van der Waals surface area (Å²) in [6.45, 7) is 1.85. The summed E-state index contributed by atoms with van der Waals surface area (Å²) in [7, 11) is 0. The van der Waals surface area contributed by atoms with Gasteiger partial charge in [0.15, 0.2) is 0 Å². The van der Waals surface area contributed by atoms with Crippen LogP contribution >= 0.6 is 11.8 Å². The lowest BCUT2D eigenvalue weighted by Crippen LogP contribution is -2.10. The maximum absolute atomic E-state index is 13.6. The second-order valence-corrected chi connectivity index (χ2v) is 7.80. The van der Waals surface area contributed by atoms with E-state index in [1.54, 1.807) is 11.8 Å². The molecule has 0 bridgehead atoms. The molecule has 1 aliphatic rings. The Morgan fingerprint density at radius 1 is 0.852 bits per heavy atom. The zero-order chi connectivity index (χ0) is 19.2. The number of halogens is 4. The number of benzene rings is 3. The molecular formula is C22H16F4S. The van der Waals surface area contributed by atoms with Gasteiger partial charge in [0.25, 0.3) is 0 Å². The van der Waals surface area contributed by atoms with Gasteiger partial charge in [-0.3, -0.25) is 0 Å². The molecule has 0 spiro atoms. The minimum Gasteiger partial charge on any atom is -0.206 e. The average Bonchev–Trinajstić information content (AvgIpc) is 2.64. The summed E-state index contributed by atoms with van der Waals surface area (Å²) >= 11 is 1.71. The van der Waals surface area contributed by atoms with Crippen LogP contribution in [-0.2, 0) is 12.6 Å². The van der Waals surface area contributed by atoms with Crippen molar-refractivity contribution in [3.8, 4) is 0 Å². The Balaban J connectivity index is 1.67. The summed E-state index contributed by atoms with van der Waals surface area (Å²) in [5, 5.41) is 0. The molecule has 0 saturated carbocycles. The summed E-state index contributed by atoms with van der Waals surface area (Å²) in [4.78, 5) is 2.40. The van der Waals surface area contributed by atoms with E-state index < -0.39 is 17.6 Å². The number of fused-ring (bicyclic) bond motifs is 2. The van der Waals surface area contributed by atoms with E-state index in [4.69, 9.17) is 0 Å². The number of hydrogen-bond donors (Lipinski definition) is 0. The van der Waals surface area contributed by atoms with Crippen molar-refractivity contribution in [1.82, 2.24) is 0 Å². The van der Waals surface area contributed by atoms with Crippen molar-refractivity contribution in [3.05, 3.63) is 94.3 Å². The fourth-order valence-electron chi connectivity index (χ4n) is 3.40. The highest BCUT2D eigenvalue weighted by Crippen LogP contribution is 2.41. The minimum absolute atomic E-state index is 0.265. The van der Waals surface area contributed by atoms with Gasteiger partial charge in [0.1, 0.15) is 5.82 Å². The molecule has 0 N–H and O–H groups in total. The molecule has 4 rings (SSSR count). The first-order chi connectivity index (χ1) is 12.8. The highest BCUT2D eigenvalue weighted by Gasteiger charge is 2.34. The van der Waals surface area contributed by atoms with Crippen LogP contribution in [0.1, 0.15) is 40.7 Å². The van der Waals surface area contributed by atoms with Crippen molar-refractivity contribution in [3.63, 3.8) is 0 Å². The highest BCUT2D eigenvalue weighted by atomic mass is 32.2. The molecule has 5 heteroatoms. The van der Waals surface area contributed by atoms with Gasteiger partial charge in [-0.25, -0.2) is 4.39 Å². The summed E-state index contributed by atoms with van der Waals surface area (Å²) in [5.41, 5.74) is 2.58. The van der Waals surface area contributed by atoms with Crippen molar-refractivity contribution in [2.45, 2.75) is 35.2 Å². The molecule has 0 fully saturated rings. The Hall–Kier alpha value is -2.27. The molecule has 3 aromatic rings. The van der Waals surface area contributed by atoms with E-state index in [0.717, 1.165) is 24.1 Å². The predicted molar refractivity (Wildman–Crippen MR) is 98.7 cm³/mol. The maximum atomic E-state index is 13.6. The standard InChI is InChI=1S/C22H16F4S/c1-13(15-6-8-19(23)18(12-15)22(24,25)26)14-7-9-21-17(10-14)11-16-4-2-3-5-20(16)27-21/h2-10,12-13H,11H2,1H3. The lowest BCUT2D eigenvalue weighted by Gasteiger charge is -2.22. The van der Waals surface area contributed by atoms with Crippen LogP contribution in [0.5, 0.6) is 0 Å². The van der Waals surface area contributed by atoms with Gasteiger partial charge in [-0.2, -0.15) is 13.2 Å². The lowest BCUT2D eigenvalue weighted by molar-refractivity contribution is -0.140. The molecule has 0 aliphatic carbocycles. The molecule has 0 radical (unpaired) electrons. The summed E-state index contributed by atoms with van der Waals surface area (Å²) in [6.07, 6.45) is -3.90. The van der Waals surface area contributed by atoms with Crippen molar-refractivity contribution >= 4 is 11.8 Å². The van der Waals surface area contributed by atoms with Crippen molar-refractivity contribution < 1.29 is 17.6 Å². The van der Waals surface area contributed by atoms with Gasteiger partial charge < -0.3 is 0 Å². The SMILES string of the molecule is CC(c1ccc2c(c1)Cc1ccccc1S2)c1ccc(F)c(C(F)(F)F)c1. The molecule has 1 unspecified atom stereocenters. The first kappa shape index (κ1) is 18.1. The third-order valence-corrected chi connectivity index (χ3v) is 6.19. The molecule has 0 saturated heterocycles. The van der Waals surface area contributed by atoms with Crippen LogP contribution in [-0.4, -0.2) is 0 Å². The van der Waals surface area contributed by atoms with Gasteiger partial charge in [0, 0.05) is 15.7 Å². The van der Waals surface area contributed by atoms with Gasteiger partial charge in [-0.15, -0.1) is 0 Å². The summed E-state index contributed by atoms with van der Waals surface area (Å²) in [5.74, 6) is -1.50. The van der Waals surface area contributed by atoms with Crippen molar-refractivity contribution in [2.75, 3.05) is 0 Å². The van der Waals surface area contributed by atoms with E-state index >= 15 is 0 Å². The minimum atomic E-state index is -4.70. The smallest absolute Gasteiger partial charge is 0.206 e. The van der Waals surface area contributed by atoms with Crippen LogP contribution in [0, 0.1) is 5.82 Å². The van der Waals surface area contributed by atoms with Crippen molar-refractivity contribution in [1.29, 1.82) is 0 Å². The van der Waals surface area contributed by atoms with E-state index in [2.05, 4.69) is 18.2 Å². The Labute approximate surface area is 159 Å². The first-order valence-corrected chi connectivity index (χ1v) is 9.40. The van der Waals surface area contributed by atoms with E-state index in [1.165, 1.54) is 27.0 Å². The van der Waals surface area contributed by atoms with Crippen LogP contribution in [0.2, 0.25) is 0 Å². The fourth-order valence-corrected chi connectivity index (χ4v) is 4.45. The predicted octanol–water partition coefficient (Wildman–Crippen LogP) is 7.05. The van der Waals surface area contributed by atoms with Gasteiger partial charge in [0.2, 0.25) is 0 Å². The number of rotatable bonds is 2. The van der Waals surface area contributed by atoms with Crippen LogP contribution in [0.4, 0.5) is 17.6 Å². The molecule has 0 amide bonds. The number of hydrogen-bond acceptors (Lipinski definition) is 1. The third-order valence-electron chi connectivity index (χ3n) is 4.95. The third kappa shape index (κ3) is 3.48. The van der Waals surface area contributed by atoms with Gasteiger partial charge in [-0.1, -0.05) is 55.1 Å². The van der Waals surface area contributed by atoms with E-state index in [0.29, 0.717) is 5.56 Å². The molecule has 0 aromatic heterocycles. The monoisotopic (exact) mass is 388 g/mol. The Morgan fingerprint density at radius 3 is 2.30 bits per heavy atom. The first-order valence-electron chi connectivity index (χ1n) is 8.58.